The summed E-state index contributed by atoms with van der Waals surface area (Å²) in [6.07, 6.45) is -4.43. The van der Waals surface area contributed by atoms with Crippen LogP contribution in [0.3, 0.4) is 0 Å². The van der Waals surface area contributed by atoms with Crippen LogP contribution in [0, 0.1) is 12.7 Å². The van der Waals surface area contributed by atoms with E-state index in [0.717, 1.165) is 6.07 Å². The van der Waals surface area contributed by atoms with Crippen LogP contribution in [0.5, 0.6) is 0 Å². The Bertz CT molecular complexity index is 570. The van der Waals surface area contributed by atoms with Gasteiger partial charge < -0.3 is 0 Å². The molecule has 0 spiro atoms. The zero-order valence-corrected chi connectivity index (χ0v) is 9.55. The molecule has 0 aromatic heterocycles. The first-order valence-electron chi connectivity index (χ1n) is 5.32. The second-order valence-corrected chi connectivity index (χ2v) is 4.01. The smallest absolute Gasteiger partial charge is 0.206 e. The Morgan fingerprint density at radius 3 is 2.22 bits per heavy atom. The Balaban J connectivity index is 2.58. The molecule has 0 aliphatic carbocycles. The fourth-order valence-electron chi connectivity index (χ4n) is 1.79. The standard InChI is InChI=1S/C14H10F4/c1-9-6-7-10(8-12(9)14(16,17)18)11-4-2-3-5-13(11)15/h2-8H,1H3. The molecule has 18 heavy (non-hydrogen) atoms. The number of alkyl halides is 3. The van der Waals surface area contributed by atoms with Gasteiger partial charge in [-0.2, -0.15) is 13.2 Å². The van der Waals surface area contributed by atoms with Gasteiger partial charge in [0.1, 0.15) is 5.82 Å². The Morgan fingerprint density at radius 2 is 1.61 bits per heavy atom. The lowest BCUT2D eigenvalue weighted by atomic mass is 9.99. The topological polar surface area (TPSA) is 0 Å². The number of rotatable bonds is 1. The van der Waals surface area contributed by atoms with Crippen molar-refractivity contribution in [2.75, 3.05) is 0 Å². The molecule has 0 saturated carbocycles. The summed E-state index contributed by atoms with van der Waals surface area (Å²) < 4.78 is 51.8. The van der Waals surface area contributed by atoms with Gasteiger partial charge in [-0.25, -0.2) is 4.39 Å². The van der Waals surface area contributed by atoms with Crippen molar-refractivity contribution in [1.82, 2.24) is 0 Å². The van der Waals surface area contributed by atoms with E-state index in [1.807, 2.05) is 0 Å². The molecule has 0 atom stereocenters. The van der Waals surface area contributed by atoms with Crippen molar-refractivity contribution < 1.29 is 17.6 Å². The van der Waals surface area contributed by atoms with Crippen molar-refractivity contribution in [3.05, 3.63) is 59.4 Å². The first kappa shape index (κ1) is 12.6. The van der Waals surface area contributed by atoms with Crippen molar-refractivity contribution in [1.29, 1.82) is 0 Å². The largest absolute Gasteiger partial charge is 0.416 e. The van der Waals surface area contributed by atoms with E-state index in [-0.39, 0.29) is 16.7 Å². The third kappa shape index (κ3) is 2.37. The number of aryl methyl sites for hydroxylation is 1. The SMILES string of the molecule is Cc1ccc(-c2ccccc2F)cc1C(F)(F)F. The number of hydrogen-bond acceptors (Lipinski definition) is 0. The third-order valence-corrected chi connectivity index (χ3v) is 2.73. The summed E-state index contributed by atoms with van der Waals surface area (Å²) in [7, 11) is 0. The van der Waals surface area contributed by atoms with E-state index in [9.17, 15) is 17.6 Å². The van der Waals surface area contributed by atoms with Crippen LogP contribution in [-0.4, -0.2) is 0 Å². The molecular formula is C14H10F4. The van der Waals surface area contributed by atoms with E-state index >= 15 is 0 Å². The fraction of sp³-hybridized carbons (Fsp3) is 0.143. The molecular weight excluding hydrogens is 244 g/mol. The molecule has 2 rings (SSSR count). The number of benzene rings is 2. The van der Waals surface area contributed by atoms with Crippen LogP contribution in [0.15, 0.2) is 42.5 Å². The van der Waals surface area contributed by atoms with Crippen LogP contribution in [0.4, 0.5) is 17.6 Å². The number of hydrogen-bond donors (Lipinski definition) is 0. The molecule has 0 N–H and O–H groups in total. The average molecular weight is 254 g/mol. The normalized spacial score (nSPS) is 11.6. The summed E-state index contributed by atoms with van der Waals surface area (Å²) in [5.74, 6) is -0.533. The monoisotopic (exact) mass is 254 g/mol. The third-order valence-electron chi connectivity index (χ3n) is 2.73. The van der Waals surface area contributed by atoms with Crippen LogP contribution >= 0.6 is 0 Å². The van der Waals surface area contributed by atoms with Gasteiger partial charge >= 0.3 is 6.18 Å². The zero-order chi connectivity index (χ0) is 13.3. The van der Waals surface area contributed by atoms with Gasteiger partial charge in [0.2, 0.25) is 0 Å². The second-order valence-electron chi connectivity index (χ2n) is 4.01. The molecule has 0 radical (unpaired) electrons. The summed E-state index contributed by atoms with van der Waals surface area (Å²) in [5, 5.41) is 0. The molecule has 0 heterocycles. The second kappa shape index (κ2) is 4.44. The Labute approximate surface area is 102 Å². The van der Waals surface area contributed by atoms with Crippen LogP contribution in [0.2, 0.25) is 0 Å². The van der Waals surface area contributed by atoms with Gasteiger partial charge in [0, 0.05) is 5.56 Å². The van der Waals surface area contributed by atoms with Crippen molar-refractivity contribution in [3.63, 3.8) is 0 Å². The average Bonchev–Trinajstić information content (AvgIpc) is 2.29. The van der Waals surface area contributed by atoms with Crippen LogP contribution in [-0.2, 0) is 6.18 Å². The maximum Gasteiger partial charge on any atom is 0.416 e. The maximum absolute atomic E-state index is 13.5. The Kier molecular flexibility index (Phi) is 3.11. The summed E-state index contributed by atoms with van der Waals surface area (Å²) >= 11 is 0. The molecule has 0 fully saturated rings. The molecule has 2 aromatic rings. The first-order valence-corrected chi connectivity index (χ1v) is 5.32. The Hall–Kier alpha value is -1.84. The predicted molar refractivity (Wildman–Crippen MR) is 61.6 cm³/mol. The lowest BCUT2D eigenvalue weighted by Gasteiger charge is -2.12. The molecule has 0 bridgehead atoms. The molecule has 4 heteroatoms. The highest BCUT2D eigenvalue weighted by molar-refractivity contribution is 5.65. The number of halogens is 4. The van der Waals surface area contributed by atoms with Gasteiger partial charge in [-0.05, 0) is 30.2 Å². The van der Waals surface area contributed by atoms with E-state index in [0.29, 0.717) is 0 Å². The van der Waals surface area contributed by atoms with E-state index in [1.54, 1.807) is 6.07 Å². The fourth-order valence-corrected chi connectivity index (χ4v) is 1.79. The van der Waals surface area contributed by atoms with Crippen LogP contribution < -0.4 is 0 Å². The molecule has 2 aromatic carbocycles. The summed E-state index contributed by atoms with van der Waals surface area (Å²) in [5.41, 5.74) is -0.208. The first-order chi connectivity index (χ1) is 8.39. The zero-order valence-electron chi connectivity index (χ0n) is 9.55. The van der Waals surface area contributed by atoms with Crippen molar-refractivity contribution in [2.24, 2.45) is 0 Å². The molecule has 0 nitrogen and oxygen atoms in total. The molecule has 0 aliphatic heterocycles. The lowest BCUT2D eigenvalue weighted by Crippen LogP contribution is -2.07. The lowest BCUT2D eigenvalue weighted by molar-refractivity contribution is -0.138. The molecule has 0 saturated heterocycles. The summed E-state index contributed by atoms with van der Waals surface area (Å²) in [4.78, 5) is 0. The van der Waals surface area contributed by atoms with Gasteiger partial charge in [-0.15, -0.1) is 0 Å². The molecule has 0 unspecified atom stereocenters. The minimum absolute atomic E-state index is 0.127. The van der Waals surface area contributed by atoms with Gasteiger partial charge in [-0.3, -0.25) is 0 Å². The minimum atomic E-state index is -4.43. The summed E-state index contributed by atoms with van der Waals surface area (Å²) in [6, 6.07) is 9.59. The van der Waals surface area contributed by atoms with Crippen LogP contribution in [0.1, 0.15) is 11.1 Å². The Morgan fingerprint density at radius 1 is 0.944 bits per heavy atom. The van der Waals surface area contributed by atoms with Gasteiger partial charge in [-0.1, -0.05) is 30.3 Å². The van der Waals surface area contributed by atoms with E-state index in [4.69, 9.17) is 0 Å². The van der Waals surface area contributed by atoms with E-state index in [1.165, 1.54) is 37.3 Å². The molecule has 0 aliphatic rings. The highest BCUT2D eigenvalue weighted by atomic mass is 19.4. The minimum Gasteiger partial charge on any atom is -0.206 e. The van der Waals surface area contributed by atoms with Gasteiger partial charge in [0.15, 0.2) is 0 Å². The quantitative estimate of drug-likeness (QED) is 0.640. The highest BCUT2D eigenvalue weighted by Crippen LogP contribution is 2.35. The maximum atomic E-state index is 13.5. The van der Waals surface area contributed by atoms with Crippen LogP contribution in [0.25, 0.3) is 11.1 Å². The van der Waals surface area contributed by atoms with Crippen molar-refractivity contribution >= 4 is 0 Å². The summed E-state index contributed by atoms with van der Waals surface area (Å²) in [6.45, 7) is 1.38. The van der Waals surface area contributed by atoms with Crippen molar-refractivity contribution in [3.8, 4) is 11.1 Å². The molecule has 94 valence electrons. The molecule has 0 amide bonds. The van der Waals surface area contributed by atoms with E-state index in [2.05, 4.69) is 0 Å². The van der Waals surface area contributed by atoms with Gasteiger partial charge in [0.05, 0.1) is 5.56 Å². The highest BCUT2D eigenvalue weighted by Gasteiger charge is 2.32. The van der Waals surface area contributed by atoms with E-state index < -0.39 is 17.6 Å². The van der Waals surface area contributed by atoms with Crippen molar-refractivity contribution in [2.45, 2.75) is 13.1 Å². The van der Waals surface area contributed by atoms with Gasteiger partial charge in [0.25, 0.3) is 0 Å². The predicted octanol–water partition coefficient (Wildman–Crippen LogP) is 4.82.